The molecular weight excluding hydrogens is 305 g/mol. The zero-order chi connectivity index (χ0) is 16.5. The molecule has 2 aromatic carbocycles. The van der Waals surface area contributed by atoms with Crippen LogP contribution < -0.4 is 0 Å². The largest absolute Gasteiger partial charge is 0.340 e. The van der Waals surface area contributed by atoms with E-state index < -0.39 is 0 Å². The molecule has 5 heteroatoms. The molecule has 4 nitrogen and oxygen atoms in total. The van der Waals surface area contributed by atoms with Crippen LogP contribution in [-0.4, -0.2) is 27.3 Å². The number of nitrogens with one attached hydrogen (secondary N) is 1. The topological polar surface area (TPSA) is 49.0 Å². The van der Waals surface area contributed by atoms with E-state index in [1.54, 1.807) is 18.2 Å². The fraction of sp³-hybridized carbons (Fsp3) is 0.263. The van der Waals surface area contributed by atoms with Gasteiger partial charge in [0.1, 0.15) is 11.6 Å². The summed E-state index contributed by atoms with van der Waals surface area (Å²) in [5, 5.41) is 0. The van der Waals surface area contributed by atoms with Crippen molar-refractivity contribution in [2.75, 3.05) is 6.54 Å². The van der Waals surface area contributed by atoms with E-state index in [4.69, 9.17) is 0 Å². The number of rotatable bonds is 3. The van der Waals surface area contributed by atoms with Crippen molar-refractivity contribution in [2.45, 2.75) is 25.3 Å². The number of aromatic nitrogens is 2. The lowest BCUT2D eigenvalue weighted by atomic mass is 10.1. The molecule has 1 aromatic heterocycles. The Bertz CT molecular complexity index is 856. The predicted octanol–water partition coefficient (Wildman–Crippen LogP) is 3.61. The van der Waals surface area contributed by atoms with Crippen molar-refractivity contribution >= 4 is 16.9 Å². The Morgan fingerprint density at radius 1 is 1.21 bits per heavy atom. The number of para-hydroxylation sites is 2. The molecule has 0 radical (unpaired) electrons. The third-order valence-corrected chi connectivity index (χ3v) is 4.60. The first-order valence-corrected chi connectivity index (χ1v) is 8.20. The lowest BCUT2D eigenvalue weighted by molar-refractivity contribution is -0.131. The first-order chi connectivity index (χ1) is 11.7. The summed E-state index contributed by atoms with van der Waals surface area (Å²) in [6.45, 7) is 0.689. The molecule has 0 aliphatic carbocycles. The van der Waals surface area contributed by atoms with Crippen molar-refractivity contribution in [3.05, 3.63) is 65.7 Å². The van der Waals surface area contributed by atoms with Gasteiger partial charge < -0.3 is 9.88 Å². The van der Waals surface area contributed by atoms with E-state index >= 15 is 0 Å². The highest BCUT2D eigenvalue weighted by molar-refractivity contribution is 5.80. The maximum atomic E-state index is 13.8. The molecule has 3 aromatic rings. The first kappa shape index (κ1) is 14.9. The molecule has 2 heterocycles. The molecule has 4 rings (SSSR count). The second kappa shape index (κ2) is 6.07. The zero-order valence-electron chi connectivity index (χ0n) is 13.2. The minimum Gasteiger partial charge on any atom is -0.340 e. The van der Waals surface area contributed by atoms with E-state index in [2.05, 4.69) is 9.97 Å². The Balaban J connectivity index is 1.58. The van der Waals surface area contributed by atoms with Gasteiger partial charge in [-0.15, -0.1) is 0 Å². The van der Waals surface area contributed by atoms with Gasteiger partial charge in [0.05, 0.1) is 23.5 Å². The molecule has 1 aliphatic rings. The second-order valence-electron chi connectivity index (χ2n) is 6.15. The fourth-order valence-corrected chi connectivity index (χ4v) is 3.39. The number of aromatic amines is 1. The zero-order valence-corrected chi connectivity index (χ0v) is 13.2. The van der Waals surface area contributed by atoms with Crippen molar-refractivity contribution in [1.82, 2.24) is 14.9 Å². The predicted molar refractivity (Wildman–Crippen MR) is 89.9 cm³/mol. The molecule has 0 unspecified atom stereocenters. The van der Waals surface area contributed by atoms with Crippen molar-refractivity contribution in [3.63, 3.8) is 0 Å². The van der Waals surface area contributed by atoms with Crippen LogP contribution in [0.2, 0.25) is 0 Å². The van der Waals surface area contributed by atoms with Gasteiger partial charge in [-0.05, 0) is 36.6 Å². The van der Waals surface area contributed by atoms with Gasteiger partial charge >= 0.3 is 0 Å². The van der Waals surface area contributed by atoms with Crippen LogP contribution in [0.25, 0.3) is 11.0 Å². The summed E-state index contributed by atoms with van der Waals surface area (Å²) in [5.74, 6) is 0.434. The maximum Gasteiger partial charge on any atom is 0.227 e. The van der Waals surface area contributed by atoms with Crippen molar-refractivity contribution < 1.29 is 9.18 Å². The molecular formula is C19H18FN3O. The number of carbonyl (C=O) groups excluding carboxylic acids is 1. The summed E-state index contributed by atoms with van der Waals surface area (Å²) in [7, 11) is 0. The van der Waals surface area contributed by atoms with Gasteiger partial charge in [-0.2, -0.15) is 0 Å². The average Bonchev–Trinajstić information content (AvgIpc) is 3.23. The molecule has 1 amide bonds. The standard InChI is InChI=1S/C19H18FN3O/c20-14-7-2-1-6-13(14)12-18(24)23-11-5-10-17(23)19-21-15-8-3-4-9-16(15)22-19/h1-4,6-9,17H,5,10-12H2,(H,21,22)/t17-/m0/s1. The van der Waals surface area contributed by atoms with Gasteiger partial charge in [-0.1, -0.05) is 30.3 Å². The van der Waals surface area contributed by atoms with E-state index in [-0.39, 0.29) is 24.2 Å². The number of halogens is 1. The molecule has 0 spiro atoms. The quantitative estimate of drug-likeness (QED) is 0.800. The van der Waals surface area contributed by atoms with Gasteiger partial charge in [-0.25, -0.2) is 9.37 Å². The van der Waals surface area contributed by atoms with Crippen LogP contribution in [0.5, 0.6) is 0 Å². The van der Waals surface area contributed by atoms with E-state index in [1.165, 1.54) is 6.07 Å². The molecule has 0 bridgehead atoms. The Morgan fingerprint density at radius 2 is 2.00 bits per heavy atom. The smallest absolute Gasteiger partial charge is 0.227 e. The van der Waals surface area contributed by atoms with Crippen LogP contribution in [0.3, 0.4) is 0 Å². The van der Waals surface area contributed by atoms with Gasteiger partial charge in [0.25, 0.3) is 0 Å². The Hall–Kier alpha value is -2.69. The van der Waals surface area contributed by atoms with E-state index in [0.29, 0.717) is 12.1 Å². The lowest BCUT2D eigenvalue weighted by Crippen LogP contribution is -2.32. The SMILES string of the molecule is O=C(Cc1ccccc1F)N1CCC[C@H]1c1nc2ccccc2[nH]1. The van der Waals surface area contributed by atoms with E-state index in [9.17, 15) is 9.18 Å². The van der Waals surface area contributed by atoms with Crippen LogP contribution in [-0.2, 0) is 11.2 Å². The second-order valence-corrected chi connectivity index (χ2v) is 6.15. The average molecular weight is 323 g/mol. The number of hydrogen-bond acceptors (Lipinski definition) is 2. The third kappa shape index (κ3) is 2.66. The first-order valence-electron chi connectivity index (χ1n) is 8.20. The summed E-state index contributed by atoms with van der Waals surface area (Å²) in [6.07, 6.45) is 1.90. The Morgan fingerprint density at radius 3 is 2.83 bits per heavy atom. The van der Waals surface area contributed by atoms with Crippen LogP contribution in [0.15, 0.2) is 48.5 Å². The number of H-pyrrole nitrogens is 1. The number of nitrogens with zero attached hydrogens (tertiary/aromatic N) is 2. The molecule has 0 saturated carbocycles. The lowest BCUT2D eigenvalue weighted by Gasteiger charge is -2.23. The molecule has 1 fully saturated rings. The van der Waals surface area contributed by atoms with E-state index in [0.717, 1.165) is 29.7 Å². The summed E-state index contributed by atoms with van der Waals surface area (Å²) < 4.78 is 13.8. The summed E-state index contributed by atoms with van der Waals surface area (Å²) in [4.78, 5) is 22.5. The molecule has 24 heavy (non-hydrogen) atoms. The van der Waals surface area contributed by atoms with Crippen molar-refractivity contribution in [2.24, 2.45) is 0 Å². The number of imidazole rings is 1. The normalized spacial score (nSPS) is 17.5. The van der Waals surface area contributed by atoms with Gasteiger partial charge in [-0.3, -0.25) is 4.79 Å². The molecule has 1 saturated heterocycles. The van der Waals surface area contributed by atoms with Crippen LogP contribution in [0.4, 0.5) is 4.39 Å². The van der Waals surface area contributed by atoms with Gasteiger partial charge in [0.2, 0.25) is 5.91 Å². The fourth-order valence-electron chi connectivity index (χ4n) is 3.39. The number of hydrogen-bond donors (Lipinski definition) is 1. The summed E-state index contributed by atoms with van der Waals surface area (Å²) >= 11 is 0. The highest BCUT2D eigenvalue weighted by atomic mass is 19.1. The Kier molecular flexibility index (Phi) is 3.76. The monoisotopic (exact) mass is 323 g/mol. The highest BCUT2D eigenvalue weighted by Crippen LogP contribution is 2.32. The minimum absolute atomic E-state index is 0.0527. The van der Waals surface area contributed by atoms with Gasteiger partial charge in [0, 0.05) is 6.54 Å². The third-order valence-electron chi connectivity index (χ3n) is 4.60. The molecule has 1 N–H and O–H groups in total. The minimum atomic E-state index is -0.328. The number of fused-ring (bicyclic) bond motifs is 1. The maximum absolute atomic E-state index is 13.8. The van der Waals surface area contributed by atoms with Crippen molar-refractivity contribution in [1.29, 1.82) is 0 Å². The molecule has 122 valence electrons. The van der Waals surface area contributed by atoms with Crippen LogP contribution >= 0.6 is 0 Å². The van der Waals surface area contributed by atoms with Crippen LogP contribution in [0, 0.1) is 5.82 Å². The summed E-state index contributed by atoms with van der Waals surface area (Å²) in [5.41, 5.74) is 2.32. The molecule has 1 aliphatic heterocycles. The highest BCUT2D eigenvalue weighted by Gasteiger charge is 2.32. The van der Waals surface area contributed by atoms with Crippen LogP contribution in [0.1, 0.15) is 30.3 Å². The summed E-state index contributed by atoms with van der Waals surface area (Å²) in [6, 6.07) is 14.2. The number of benzene rings is 2. The van der Waals surface area contributed by atoms with E-state index in [1.807, 2.05) is 29.2 Å². The number of amides is 1. The number of carbonyl (C=O) groups is 1. The van der Waals surface area contributed by atoms with Crippen molar-refractivity contribution in [3.8, 4) is 0 Å². The Labute approximate surface area is 139 Å². The number of likely N-dealkylation sites (tertiary alicyclic amines) is 1. The molecule has 1 atom stereocenters. The van der Waals surface area contributed by atoms with Gasteiger partial charge in [0.15, 0.2) is 0 Å².